The fourth-order valence-corrected chi connectivity index (χ4v) is 2.42. The maximum absolute atomic E-state index is 12.2. The molecule has 0 aliphatic rings. The van der Waals surface area contributed by atoms with E-state index in [-0.39, 0.29) is 5.75 Å². The Hall–Kier alpha value is -2.76. The average Bonchev–Trinajstić information content (AvgIpc) is 2.55. The third-order valence-corrected chi connectivity index (χ3v) is 3.59. The molecule has 3 rings (SSSR count). The molecular formula is C18H15F3N2O. The van der Waals surface area contributed by atoms with Crippen LogP contribution in [0.25, 0.3) is 10.8 Å². The first kappa shape index (κ1) is 16.1. The molecule has 0 saturated carbocycles. The third kappa shape index (κ3) is 3.76. The van der Waals surface area contributed by atoms with Gasteiger partial charge in [0.2, 0.25) is 0 Å². The van der Waals surface area contributed by atoms with Crippen molar-refractivity contribution in [2.24, 2.45) is 0 Å². The lowest BCUT2D eigenvalue weighted by Crippen LogP contribution is -2.16. The number of anilines is 2. The number of halogens is 3. The van der Waals surface area contributed by atoms with Gasteiger partial charge < -0.3 is 10.1 Å². The molecule has 0 unspecified atom stereocenters. The maximum Gasteiger partial charge on any atom is 0.573 e. The Labute approximate surface area is 137 Å². The summed E-state index contributed by atoms with van der Waals surface area (Å²) >= 11 is 0. The molecule has 0 amide bonds. The molecule has 1 aromatic heterocycles. The number of fused-ring (bicyclic) bond motifs is 1. The van der Waals surface area contributed by atoms with Crippen LogP contribution in [-0.4, -0.2) is 11.3 Å². The summed E-state index contributed by atoms with van der Waals surface area (Å²) in [4.78, 5) is 4.32. The second-order valence-corrected chi connectivity index (χ2v) is 5.27. The van der Waals surface area contributed by atoms with Crippen molar-refractivity contribution in [3.63, 3.8) is 0 Å². The minimum atomic E-state index is -4.69. The van der Waals surface area contributed by atoms with Gasteiger partial charge in [-0.25, -0.2) is 4.98 Å². The molecular weight excluding hydrogens is 317 g/mol. The number of nitrogens with one attached hydrogen (secondary N) is 1. The van der Waals surface area contributed by atoms with E-state index in [1.165, 1.54) is 29.8 Å². The van der Waals surface area contributed by atoms with Crippen molar-refractivity contribution >= 4 is 22.3 Å². The highest BCUT2D eigenvalue weighted by Gasteiger charge is 2.30. The van der Waals surface area contributed by atoms with Crippen LogP contribution < -0.4 is 10.1 Å². The number of benzene rings is 2. The van der Waals surface area contributed by atoms with Crippen LogP contribution in [-0.2, 0) is 6.42 Å². The van der Waals surface area contributed by atoms with E-state index in [9.17, 15) is 13.2 Å². The average molecular weight is 332 g/mol. The van der Waals surface area contributed by atoms with Gasteiger partial charge in [0.05, 0.1) is 0 Å². The van der Waals surface area contributed by atoms with Crippen molar-refractivity contribution in [1.29, 1.82) is 0 Å². The summed E-state index contributed by atoms with van der Waals surface area (Å²) in [6, 6.07) is 13.6. The minimum Gasteiger partial charge on any atom is -0.406 e. The van der Waals surface area contributed by atoms with Crippen LogP contribution >= 0.6 is 0 Å². The summed E-state index contributed by atoms with van der Waals surface area (Å²) in [6.07, 6.45) is -2.05. The monoisotopic (exact) mass is 332 g/mol. The normalized spacial score (nSPS) is 11.5. The van der Waals surface area contributed by atoms with Crippen molar-refractivity contribution in [1.82, 2.24) is 4.98 Å². The molecule has 124 valence electrons. The summed E-state index contributed by atoms with van der Waals surface area (Å²) in [5, 5.41) is 5.14. The zero-order valence-electron chi connectivity index (χ0n) is 12.9. The second kappa shape index (κ2) is 6.39. The summed E-state index contributed by atoms with van der Waals surface area (Å²) in [5.41, 5.74) is 1.86. The van der Waals surface area contributed by atoms with E-state index in [2.05, 4.69) is 28.0 Å². The van der Waals surface area contributed by atoms with Crippen molar-refractivity contribution in [2.45, 2.75) is 19.7 Å². The Balaban J connectivity index is 1.84. The van der Waals surface area contributed by atoms with Gasteiger partial charge in [0.15, 0.2) is 0 Å². The van der Waals surface area contributed by atoms with E-state index in [0.717, 1.165) is 17.2 Å². The van der Waals surface area contributed by atoms with Gasteiger partial charge in [-0.1, -0.05) is 25.1 Å². The molecule has 0 aliphatic heterocycles. The van der Waals surface area contributed by atoms with E-state index >= 15 is 0 Å². The molecule has 2 aromatic carbocycles. The Morgan fingerprint density at radius 1 is 1.04 bits per heavy atom. The molecule has 0 spiro atoms. The van der Waals surface area contributed by atoms with Gasteiger partial charge in [0.1, 0.15) is 11.6 Å². The van der Waals surface area contributed by atoms with Crippen molar-refractivity contribution in [3.05, 3.63) is 60.3 Å². The van der Waals surface area contributed by atoms with Crippen LogP contribution in [0.3, 0.4) is 0 Å². The summed E-state index contributed by atoms with van der Waals surface area (Å²) in [7, 11) is 0. The number of hydrogen-bond donors (Lipinski definition) is 1. The quantitative estimate of drug-likeness (QED) is 0.691. The van der Waals surface area contributed by atoms with Gasteiger partial charge in [-0.05, 0) is 47.7 Å². The standard InChI is InChI=1S/C18H15F3N2O/c1-2-12-3-8-16-13(11-12)9-10-22-17(16)23-14-4-6-15(7-5-14)24-18(19,20)21/h3-11H,2H2,1H3,(H,22,23). The van der Waals surface area contributed by atoms with E-state index in [1.54, 1.807) is 6.20 Å². The molecule has 6 heteroatoms. The fraction of sp³-hybridized carbons (Fsp3) is 0.167. The van der Waals surface area contributed by atoms with Crippen LogP contribution in [0.1, 0.15) is 12.5 Å². The van der Waals surface area contributed by atoms with E-state index in [4.69, 9.17) is 0 Å². The lowest BCUT2D eigenvalue weighted by Gasteiger charge is -2.11. The summed E-state index contributed by atoms with van der Waals surface area (Å²) in [5.74, 6) is 0.395. The number of aryl methyl sites for hydroxylation is 1. The van der Waals surface area contributed by atoms with Gasteiger partial charge in [0.25, 0.3) is 0 Å². The smallest absolute Gasteiger partial charge is 0.406 e. The first-order valence-corrected chi connectivity index (χ1v) is 7.45. The lowest BCUT2D eigenvalue weighted by atomic mass is 10.1. The van der Waals surface area contributed by atoms with E-state index in [1.807, 2.05) is 18.2 Å². The predicted molar refractivity (Wildman–Crippen MR) is 87.5 cm³/mol. The molecule has 0 atom stereocenters. The number of hydrogen-bond acceptors (Lipinski definition) is 3. The zero-order valence-corrected chi connectivity index (χ0v) is 12.9. The number of ether oxygens (including phenoxy) is 1. The number of rotatable bonds is 4. The Morgan fingerprint density at radius 3 is 2.46 bits per heavy atom. The molecule has 3 aromatic rings. The highest BCUT2D eigenvalue weighted by molar-refractivity contribution is 5.93. The molecule has 1 N–H and O–H groups in total. The molecule has 0 fully saturated rings. The van der Waals surface area contributed by atoms with E-state index in [0.29, 0.717) is 11.5 Å². The number of pyridine rings is 1. The van der Waals surface area contributed by atoms with Gasteiger partial charge in [-0.2, -0.15) is 0 Å². The summed E-state index contributed by atoms with van der Waals surface area (Å²) in [6.45, 7) is 2.09. The lowest BCUT2D eigenvalue weighted by molar-refractivity contribution is -0.274. The first-order chi connectivity index (χ1) is 11.4. The minimum absolute atomic E-state index is 0.258. The number of alkyl halides is 3. The molecule has 0 bridgehead atoms. The highest BCUT2D eigenvalue weighted by atomic mass is 19.4. The van der Waals surface area contributed by atoms with E-state index < -0.39 is 6.36 Å². The molecule has 3 nitrogen and oxygen atoms in total. The summed E-state index contributed by atoms with van der Waals surface area (Å²) < 4.78 is 40.4. The Bertz CT molecular complexity index is 845. The van der Waals surface area contributed by atoms with Gasteiger partial charge >= 0.3 is 6.36 Å². The molecule has 0 aliphatic carbocycles. The van der Waals surface area contributed by atoms with Crippen LogP contribution in [0.15, 0.2) is 54.7 Å². The first-order valence-electron chi connectivity index (χ1n) is 7.45. The molecule has 0 radical (unpaired) electrons. The SMILES string of the molecule is CCc1ccc2c(Nc3ccc(OC(F)(F)F)cc3)nccc2c1. The second-order valence-electron chi connectivity index (χ2n) is 5.27. The fourth-order valence-electron chi connectivity index (χ4n) is 2.42. The molecule has 1 heterocycles. The molecule has 0 saturated heterocycles. The van der Waals surface area contributed by atoms with Gasteiger partial charge in [0, 0.05) is 17.3 Å². The van der Waals surface area contributed by atoms with Gasteiger partial charge in [-0.3, -0.25) is 0 Å². The largest absolute Gasteiger partial charge is 0.573 e. The zero-order chi connectivity index (χ0) is 17.2. The Kier molecular flexibility index (Phi) is 4.29. The number of aromatic nitrogens is 1. The maximum atomic E-state index is 12.2. The van der Waals surface area contributed by atoms with Crippen LogP contribution in [0.5, 0.6) is 5.75 Å². The van der Waals surface area contributed by atoms with Crippen molar-refractivity contribution < 1.29 is 17.9 Å². The molecule has 24 heavy (non-hydrogen) atoms. The van der Waals surface area contributed by atoms with Crippen molar-refractivity contribution in [3.8, 4) is 5.75 Å². The van der Waals surface area contributed by atoms with Crippen LogP contribution in [0.2, 0.25) is 0 Å². The third-order valence-electron chi connectivity index (χ3n) is 3.59. The highest BCUT2D eigenvalue weighted by Crippen LogP contribution is 2.28. The van der Waals surface area contributed by atoms with Gasteiger partial charge in [-0.15, -0.1) is 13.2 Å². The number of nitrogens with zero attached hydrogens (tertiary/aromatic N) is 1. The predicted octanol–water partition coefficient (Wildman–Crippen LogP) is 5.44. The topological polar surface area (TPSA) is 34.1 Å². The van der Waals surface area contributed by atoms with Crippen LogP contribution in [0, 0.1) is 0 Å². The Morgan fingerprint density at radius 2 is 1.79 bits per heavy atom. The van der Waals surface area contributed by atoms with Crippen LogP contribution in [0.4, 0.5) is 24.7 Å². The van der Waals surface area contributed by atoms with Crippen molar-refractivity contribution in [2.75, 3.05) is 5.32 Å².